The zero-order valence-electron chi connectivity index (χ0n) is 20.9. The first-order valence-electron chi connectivity index (χ1n) is 12.1. The summed E-state index contributed by atoms with van der Waals surface area (Å²) in [5, 5.41) is 82.7. The molecule has 3 aromatic carbocycles. The molecule has 214 valence electrons. The van der Waals surface area contributed by atoms with Crippen LogP contribution < -0.4 is 10.2 Å². The number of Topliss-reactive ketones (excluding diaryl/α,β-unsaturated/α-hetero) is 1. The Morgan fingerprint density at radius 1 is 0.902 bits per heavy atom. The highest BCUT2D eigenvalue weighted by Crippen LogP contribution is 2.40. The van der Waals surface area contributed by atoms with E-state index in [4.69, 9.17) is 13.9 Å². The molecule has 0 bridgehead atoms. The highest BCUT2D eigenvalue weighted by Gasteiger charge is 2.60. The third-order valence-electron chi connectivity index (χ3n) is 6.79. The Bertz CT molecular complexity index is 1680. The summed E-state index contributed by atoms with van der Waals surface area (Å²) in [7, 11) is 0. The molecule has 13 heteroatoms. The lowest BCUT2D eigenvalue weighted by Gasteiger charge is -2.46. The lowest BCUT2D eigenvalue weighted by atomic mass is 9.78. The number of phenols is 4. The molecule has 8 N–H and O–H groups in total. The molecule has 1 aliphatic heterocycles. The van der Waals surface area contributed by atoms with Crippen molar-refractivity contribution in [2.45, 2.75) is 30.2 Å². The predicted octanol–water partition coefficient (Wildman–Crippen LogP) is 0.714. The Hall–Kier alpha value is -4.66. The highest BCUT2D eigenvalue weighted by atomic mass is 16.7. The monoisotopic (exact) mass is 568 g/mol. The largest absolute Gasteiger partial charge is 0.508 e. The van der Waals surface area contributed by atoms with Gasteiger partial charge in [0.2, 0.25) is 17.5 Å². The second-order valence-electron chi connectivity index (χ2n) is 9.38. The zero-order valence-corrected chi connectivity index (χ0v) is 20.9. The van der Waals surface area contributed by atoms with Crippen LogP contribution >= 0.6 is 0 Å². The molecule has 0 radical (unpaired) electrons. The molecule has 0 spiro atoms. The van der Waals surface area contributed by atoms with Crippen LogP contribution in [-0.4, -0.2) is 83.4 Å². The first kappa shape index (κ1) is 27.9. The van der Waals surface area contributed by atoms with Gasteiger partial charge in [0.1, 0.15) is 34.7 Å². The number of rotatable bonds is 6. The Labute approximate surface area is 229 Å². The lowest BCUT2D eigenvalue weighted by Crippen LogP contribution is -2.71. The van der Waals surface area contributed by atoms with Crippen molar-refractivity contribution >= 4 is 16.8 Å². The minimum atomic E-state index is -2.99. The molecule has 1 aliphatic rings. The smallest absolute Gasteiger partial charge is 0.239 e. The van der Waals surface area contributed by atoms with Gasteiger partial charge in [0.15, 0.2) is 34.7 Å². The molecule has 0 aliphatic carbocycles. The number of aromatic hydroxyl groups is 4. The molecule has 5 rings (SSSR count). The molecular formula is C28H24O13. The Kier molecular flexibility index (Phi) is 7.07. The summed E-state index contributed by atoms with van der Waals surface area (Å²) >= 11 is 0. The average Bonchev–Trinajstić information content (AvgIpc) is 2.95. The van der Waals surface area contributed by atoms with Gasteiger partial charge in [0, 0.05) is 23.3 Å². The fourth-order valence-corrected chi connectivity index (χ4v) is 4.66. The molecule has 1 unspecified atom stereocenters. The van der Waals surface area contributed by atoms with E-state index in [0.29, 0.717) is 0 Å². The van der Waals surface area contributed by atoms with Crippen LogP contribution in [0.4, 0.5) is 0 Å². The Morgan fingerprint density at radius 2 is 1.61 bits per heavy atom. The summed E-state index contributed by atoms with van der Waals surface area (Å²) in [6.07, 6.45) is -8.25. The number of ether oxygens (including phenoxy) is 2. The topological polar surface area (TPSA) is 228 Å². The lowest BCUT2D eigenvalue weighted by molar-refractivity contribution is -0.298. The van der Waals surface area contributed by atoms with Crippen LogP contribution in [0.3, 0.4) is 0 Å². The van der Waals surface area contributed by atoms with E-state index in [-0.39, 0.29) is 16.7 Å². The molecule has 5 atom stereocenters. The van der Waals surface area contributed by atoms with Crippen LogP contribution in [0, 0.1) is 0 Å². The number of hydrogen-bond donors (Lipinski definition) is 8. The molecule has 41 heavy (non-hydrogen) atoms. The summed E-state index contributed by atoms with van der Waals surface area (Å²) in [5.41, 5.74) is -4.52. The van der Waals surface area contributed by atoms with Gasteiger partial charge in [0.05, 0.1) is 6.61 Å². The molecule has 1 fully saturated rings. The van der Waals surface area contributed by atoms with Crippen molar-refractivity contribution < 1.29 is 59.5 Å². The van der Waals surface area contributed by atoms with Crippen LogP contribution in [0.5, 0.6) is 28.7 Å². The van der Waals surface area contributed by atoms with Crippen LogP contribution in [0.2, 0.25) is 0 Å². The quantitative estimate of drug-likeness (QED) is 0.119. The van der Waals surface area contributed by atoms with Crippen LogP contribution in [-0.2, 0) is 4.74 Å². The number of aliphatic hydroxyl groups is 4. The maximum Gasteiger partial charge on any atom is 0.239 e. The van der Waals surface area contributed by atoms with Gasteiger partial charge in [-0.3, -0.25) is 9.59 Å². The first-order chi connectivity index (χ1) is 19.5. The number of hydrogen-bond acceptors (Lipinski definition) is 13. The average molecular weight is 568 g/mol. The van der Waals surface area contributed by atoms with Crippen molar-refractivity contribution in [3.63, 3.8) is 0 Å². The normalized spacial score (nSPS) is 24.3. The summed E-state index contributed by atoms with van der Waals surface area (Å²) in [6, 6.07) is 12.4. The van der Waals surface area contributed by atoms with Crippen molar-refractivity contribution in [1.29, 1.82) is 0 Å². The summed E-state index contributed by atoms with van der Waals surface area (Å²) in [4.78, 5) is 26.9. The summed E-state index contributed by atoms with van der Waals surface area (Å²) < 4.78 is 16.9. The molecule has 2 heterocycles. The van der Waals surface area contributed by atoms with E-state index in [9.17, 15) is 50.4 Å². The van der Waals surface area contributed by atoms with E-state index >= 15 is 0 Å². The third-order valence-corrected chi connectivity index (χ3v) is 6.79. The maximum absolute atomic E-state index is 13.6. The van der Waals surface area contributed by atoms with Crippen molar-refractivity contribution in [1.82, 2.24) is 0 Å². The summed E-state index contributed by atoms with van der Waals surface area (Å²) in [6.45, 7) is -0.941. The highest BCUT2D eigenvalue weighted by molar-refractivity contribution is 6.03. The van der Waals surface area contributed by atoms with E-state index in [1.54, 1.807) is 6.07 Å². The molecular weight excluding hydrogens is 544 g/mol. The van der Waals surface area contributed by atoms with Gasteiger partial charge in [-0.05, 0) is 18.2 Å². The van der Waals surface area contributed by atoms with Gasteiger partial charge in [0.25, 0.3) is 0 Å². The van der Waals surface area contributed by atoms with Gasteiger partial charge in [-0.1, -0.05) is 30.3 Å². The maximum atomic E-state index is 13.6. The van der Waals surface area contributed by atoms with Gasteiger partial charge in [-0.2, -0.15) is 0 Å². The van der Waals surface area contributed by atoms with Crippen LogP contribution in [0.15, 0.2) is 69.9 Å². The number of benzene rings is 3. The Morgan fingerprint density at radius 3 is 2.27 bits per heavy atom. The number of carbonyl (C=O) groups excluding carboxylic acids is 1. The first-order valence-corrected chi connectivity index (χ1v) is 12.1. The third kappa shape index (κ3) is 4.61. The Balaban J connectivity index is 1.67. The van der Waals surface area contributed by atoms with Gasteiger partial charge >= 0.3 is 0 Å². The van der Waals surface area contributed by atoms with E-state index in [1.165, 1.54) is 30.3 Å². The van der Waals surface area contributed by atoms with Gasteiger partial charge in [-0.25, -0.2) is 0 Å². The number of phenolic OH excluding ortho intramolecular Hbond substituents is 4. The SMILES string of the molecule is O=C(c1ccccc1)[C@@]1(O)[C@@H](O)C(Oc2c(-c3ccc(O)c(O)c3)oc3cc(O)cc(O)c3c2=O)O[C@H](CO)[C@@H]1O. The van der Waals surface area contributed by atoms with E-state index in [1.807, 2.05) is 0 Å². The molecule has 13 nitrogen and oxygen atoms in total. The number of carbonyl (C=O) groups is 1. The van der Waals surface area contributed by atoms with Crippen molar-refractivity contribution in [3.05, 3.63) is 76.5 Å². The fraction of sp³-hybridized carbons (Fsp3) is 0.214. The number of fused-ring (bicyclic) bond motifs is 1. The van der Waals surface area contributed by atoms with Crippen molar-refractivity contribution in [2.24, 2.45) is 0 Å². The number of aliphatic hydroxyl groups excluding tert-OH is 3. The standard InChI is InChI=1S/C28H24O13/c29-11-19-25(36)28(38,24(35)12-4-2-1-3-5-12)26(37)27(40-19)41-23-21(34)20-17(33)9-14(30)10-18(20)39-22(23)13-6-7-15(31)16(32)8-13/h1-10,19,25-27,29-33,36-38H,11H2/t19-,25+,26+,27?,28+/m1/s1. The fourth-order valence-electron chi connectivity index (χ4n) is 4.66. The molecule has 1 aromatic heterocycles. The molecule has 1 saturated heterocycles. The summed E-state index contributed by atoms with van der Waals surface area (Å²) in [5.74, 6) is -4.61. The van der Waals surface area contributed by atoms with Crippen LogP contribution in [0.1, 0.15) is 10.4 Å². The minimum absolute atomic E-state index is 0.0585. The van der Waals surface area contributed by atoms with Gasteiger partial charge in [-0.15, -0.1) is 0 Å². The van der Waals surface area contributed by atoms with Crippen molar-refractivity contribution in [3.8, 4) is 40.1 Å². The van der Waals surface area contributed by atoms with E-state index < -0.39 is 87.9 Å². The van der Waals surface area contributed by atoms with Crippen LogP contribution in [0.25, 0.3) is 22.3 Å². The number of ketones is 1. The van der Waals surface area contributed by atoms with Gasteiger partial charge < -0.3 is 54.7 Å². The second kappa shape index (κ2) is 10.4. The van der Waals surface area contributed by atoms with E-state index in [2.05, 4.69) is 0 Å². The minimum Gasteiger partial charge on any atom is -0.508 e. The molecule has 0 amide bonds. The van der Waals surface area contributed by atoms with E-state index in [0.717, 1.165) is 24.3 Å². The predicted molar refractivity (Wildman–Crippen MR) is 139 cm³/mol. The molecule has 4 aromatic rings. The second-order valence-corrected chi connectivity index (χ2v) is 9.38. The molecule has 0 saturated carbocycles. The van der Waals surface area contributed by atoms with Crippen molar-refractivity contribution in [2.75, 3.05) is 6.61 Å². The zero-order chi connectivity index (χ0) is 29.6.